The van der Waals surface area contributed by atoms with Gasteiger partial charge in [0.05, 0.1) is 6.54 Å². The predicted octanol–water partition coefficient (Wildman–Crippen LogP) is 4.17. The lowest BCUT2D eigenvalue weighted by Gasteiger charge is -2.38. The number of benzene rings is 1. The smallest absolute Gasteiger partial charge is 0.251 e. The third kappa shape index (κ3) is 5.61. The lowest BCUT2D eigenvalue weighted by Crippen LogP contribution is -2.42. The van der Waals surface area contributed by atoms with Gasteiger partial charge in [0, 0.05) is 31.2 Å². The van der Waals surface area contributed by atoms with E-state index in [4.69, 9.17) is 4.99 Å². The monoisotopic (exact) mass is 498 g/mol. The van der Waals surface area contributed by atoms with E-state index in [2.05, 4.69) is 29.4 Å². The van der Waals surface area contributed by atoms with Crippen LogP contribution in [-0.2, 0) is 6.54 Å². The van der Waals surface area contributed by atoms with Gasteiger partial charge in [0.25, 0.3) is 5.91 Å². The van der Waals surface area contributed by atoms with Crippen molar-refractivity contribution in [3.8, 4) is 0 Å². The van der Waals surface area contributed by atoms with Crippen LogP contribution in [0, 0.1) is 5.41 Å². The van der Waals surface area contributed by atoms with Crippen molar-refractivity contribution >= 4 is 35.8 Å². The minimum atomic E-state index is -0.00597. The van der Waals surface area contributed by atoms with Gasteiger partial charge in [-0.2, -0.15) is 0 Å². The summed E-state index contributed by atoms with van der Waals surface area (Å²) in [5, 5.41) is 6.48. The molecule has 2 fully saturated rings. The summed E-state index contributed by atoms with van der Waals surface area (Å²) in [4.78, 5) is 19.6. The zero-order valence-corrected chi connectivity index (χ0v) is 19.8. The van der Waals surface area contributed by atoms with Crippen LogP contribution in [0.15, 0.2) is 29.3 Å². The highest BCUT2D eigenvalue weighted by molar-refractivity contribution is 14.0. The first-order valence-electron chi connectivity index (χ1n) is 10.5. The molecule has 156 valence electrons. The summed E-state index contributed by atoms with van der Waals surface area (Å²) in [6.45, 7) is 9.92. The second-order valence-corrected chi connectivity index (χ2v) is 8.18. The number of amides is 1. The van der Waals surface area contributed by atoms with E-state index in [1.54, 1.807) is 0 Å². The fraction of sp³-hybridized carbons (Fsp3) is 0.636. The van der Waals surface area contributed by atoms with Gasteiger partial charge in [0.1, 0.15) is 0 Å². The van der Waals surface area contributed by atoms with Crippen molar-refractivity contribution in [2.24, 2.45) is 10.4 Å². The van der Waals surface area contributed by atoms with Crippen molar-refractivity contribution in [3.05, 3.63) is 35.4 Å². The average molecular weight is 498 g/mol. The molecular weight excluding hydrogens is 463 g/mol. The van der Waals surface area contributed by atoms with Gasteiger partial charge < -0.3 is 15.5 Å². The largest absolute Gasteiger partial charge is 0.357 e. The molecule has 1 aromatic rings. The number of carbonyl (C=O) groups is 1. The van der Waals surface area contributed by atoms with Crippen molar-refractivity contribution in [2.45, 2.75) is 65.5 Å². The zero-order chi connectivity index (χ0) is 19.3. The molecule has 1 unspecified atom stereocenters. The van der Waals surface area contributed by atoms with E-state index in [1.165, 1.54) is 25.7 Å². The molecule has 1 aliphatic carbocycles. The summed E-state index contributed by atoms with van der Waals surface area (Å²) >= 11 is 0. The van der Waals surface area contributed by atoms with Crippen molar-refractivity contribution in [2.75, 3.05) is 19.6 Å². The van der Waals surface area contributed by atoms with Crippen LogP contribution in [0.3, 0.4) is 0 Å². The number of rotatable bonds is 6. The molecule has 1 saturated carbocycles. The standard InChI is InChI=1S/C22H34N4O.HI/c1-4-17(3)25-20(27)19-9-6-8-18(14-19)15-24-21(23-5-2)26-13-12-22(16-26)10-7-11-22;/h6,8-9,14,17H,4-5,7,10-13,15-16H2,1-3H3,(H,23,24)(H,25,27);1H. The second kappa shape index (κ2) is 10.5. The molecule has 2 aliphatic rings. The first-order valence-corrected chi connectivity index (χ1v) is 10.5. The SMILES string of the molecule is CCNC(=NCc1cccc(C(=O)NC(C)CC)c1)N1CCC2(CCC2)C1.I. The van der Waals surface area contributed by atoms with E-state index in [9.17, 15) is 4.79 Å². The number of guanidine groups is 1. The van der Waals surface area contributed by atoms with E-state index < -0.39 is 0 Å². The lowest BCUT2D eigenvalue weighted by molar-refractivity contribution is 0.0939. The van der Waals surface area contributed by atoms with Crippen LogP contribution in [0.5, 0.6) is 0 Å². The highest BCUT2D eigenvalue weighted by Crippen LogP contribution is 2.47. The predicted molar refractivity (Wildman–Crippen MR) is 126 cm³/mol. The topological polar surface area (TPSA) is 56.7 Å². The van der Waals surface area contributed by atoms with Crippen LogP contribution in [0.25, 0.3) is 0 Å². The van der Waals surface area contributed by atoms with Gasteiger partial charge in [-0.05, 0) is 62.6 Å². The Morgan fingerprint density at radius 3 is 2.68 bits per heavy atom. The Bertz CT molecular complexity index is 687. The van der Waals surface area contributed by atoms with Gasteiger partial charge in [0.2, 0.25) is 0 Å². The summed E-state index contributed by atoms with van der Waals surface area (Å²) < 4.78 is 0. The van der Waals surface area contributed by atoms with Crippen LogP contribution in [0.1, 0.15) is 68.8 Å². The third-order valence-electron chi connectivity index (χ3n) is 6.08. The molecule has 1 spiro atoms. The first kappa shape index (κ1) is 23.0. The first-order chi connectivity index (χ1) is 13.0. The van der Waals surface area contributed by atoms with Crippen LogP contribution in [0.2, 0.25) is 0 Å². The number of likely N-dealkylation sites (tertiary alicyclic amines) is 1. The van der Waals surface area contributed by atoms with Crippen molar-refractivity contribution < 1.29 is 4.79 Å². The maximum atomic E-state index is 12.4. The van der Waals surface area contributed by atoms with Crippen LogP contribution >= 0.6 is 24.0 Å². The average Bonchev–Trinajstić information content (AvgIpc) is 3.11. The minimum Gasteiger partial charge on any atom is -0.357 e. The van der Waals surface area contributed by atoms with Crippen LogP contribution < -0.4 is 10.6 Å². The number of nitrogens with one attached hydrogen (secondary N) is 2. The van der Waals surface area contributed by atoms with E-state index in [0.29, 0.717) is 17.5 Å². The summed E-state index contributed by atoms with van der Waals surface area (Å²) in [6.07, 6.45) is 6.35. The van der Waals surface area contributed by atoms with Crippen LogP contribution in [0.4, 0.5) is 0 Å². The molecule has 2 N–H and O–H groups in total. The molecule has 1 saturated heterocycles. The summed E-state index contributed by atoms with van der Waals surface area (Å²) in [7, 11) is 0. The summed E-state index contributed by atoms with van der Waals surface area (Å²) in [5.41, 5.74) is 2.34. The molecule has 1 aliphatic heterocycles. The molecular formula is C22H35IN4O. The molecule has 3 rings (SSSR count). The number of carbonyl (C=O) groups excluding carboxylic acids is 1. The van der Waals surface area contributed by atoms with Gasteiger partial charge >= 0.3 is 0 Å². The Morgan fingerprint density at radius 2 is 2.07 bits per heavy atom. The quantitative estimate of drug-likeness (QED) is 0.352. The highest BCUT2D eigenvalue weighted by Gasteiger charge is 2.43. The second-order valence-electron chi connectivity index (χ2n) is 8.18. The molecule has 6 heteroatoms. The Morgan fingerprint density at radius 1 is 1.29 bits per heavy atom. The van der Waals surface area contributed by atoms with E-state index in [1.807, 2.05) is 31.2 Å². The number of halogens is 1. The molecule has 0 bridgehead atoms. The van der Waals surface area contributed by atoms with Crippen molar-refractivity contribution in [1.82, 2.24) is 15.5 Å². The molecule has 5 nitrogen and oxygen atoms in total. The van der Waals surface area contributed by atoms with Gasteiger partial charge in [-0.1, -0.05) is 25.5 Å². The molecule has 28 heavy (non-hydrogen) atoms. The van der Waals surface area contributed by atoms with Crippen molar-refractivity contribution in [3.63, 3.8) is 0 Å². The summed E-state index contributed by atoms with van der Waals surface area (Å²) in [5.74, 6) is 1.00. The third-order valence-corrected chi connectivity index (χ3v) is 6.08. The van der Waals surface area contributed by atoms with Gasteiger partial charge in [-0.15, -0.1) is 24.0 Å². The van der Waals surface area contributed by atoms with E-state index >= 15 is 0 Å². The fourth-order valence-electron chi connectivity index (χ4n) is 4.01. The Kier molecular flexibility index (Phi) is 8.58. The van der Waals surface area contributed by atoms with Crippen LogP contribution in [-0.4, -0.2) is 42.4 Å². The minimum absolute atomic E-state index is 0. The number of hydrogen-bond donors (Lipinski definition) is 2. The van der Waals surface area contributed by atoms with E-state index in [0.717, 1.165) is 37.6 Å². The Hall–Kier alpha value is -1.31. The normalized spacial score (nSPS) is 19.0. The van der Waals surface area contributed by atoms with Gasteiger partial charge in [-0.3, -0.25) is 4.79 Å². The Labute approximate surface area is 186 Å². The summed E-state index contributed by atoms with van der Waals surface area (Å²) in [6, 6.07) is 8.01. The fourth-order valence-corrected chi connectivity index (χ4v) is 4.01. The van der Waals surface area contributed by atoms with E-state index in [-0.39, 0.29) is 35.9 Å². The Balaban J connectivity index is 0.00000280. The lowest BCUT2D eigenvalue weighted by atomic mass is 9.68. The molecule has 1 heterocycles. The maximum absolute atomic E-state index is 12.4. The molecule has 0 radical (unpaired) electrons. The number of nitrogens with zero attached hydrogens (tertiary/aromatic N) is 2. The molecule has 1 atom stereocenters. The van der Waals surface area contributed by atoms with Gasteiger partial charge in [0.15, 0.2) is 5.96 Å². The molecule has 0 aromatic heterocycles. The molecule has 1 amide bonds. The zero-order valence-electron chi connectivity index (χ0n) is 17.5. The molecule has 1 aromatic carbocycles. The highest BCUT2D eigenvalue weighted by atomic mass is 127. The maximum Gasteiger partial charge on any atom is 0.251 e. The van der Waals surface area contributed by atoms with Gasteiger partial charge in [-0.25, -0.2) is 4.99 Å². The van der Waals surface area contributed by atoms with Crippen molar-refractivity contribution in [1.29, 1.82) is 0 Å². The number of aliphatic imine (C=N–C) groups is 1. The number of hydrogen-bond acceptors (Lipinski definition) is 2.